The van der Waals surface area contributed by atoms with E-state index in [1.54, 1.807) is 10.9 Å². The molecule has 0 N–H and O–H groups in total. The van der Waals surface area contributed by atoms with E-state index in [0.717, 1.165) is 5.56 Å². The third-order valence-electron chi connectivity index (χ3n) is 1.98. The molecule has 1 aromatic heterocycles. The van der Waals surface area contributed by atoms with Gasteiger partial charge in [-0.3, -0.25) is 4.79 Å². The normalized spacial score (nSPS) is 10.1. The minimum atomic E-state index is -0.00810. The van der Waals surface area contributed by atoms with E-state index in [-0.39, 0.29) is 5.78 Å². The molecule has 0 amide bonds. The molecular formula is C11H9NOS. The van der Waals surface area contributed by atoms with Gasteiger partial charge in [0.15, 0.2) is 0 Å². The van der Waals surface area contributed by atoms with Crippen molar-refractivity contribution in [2.24, 2.45) is 0 Å². The molecule has 0 aliphatic rings. The van der Waals surface area contributed by atoms with Crippen LogP contribution in [-0.2, 0) is 0 Å². The first kappa shape index (κ1) is 9.09. The fourth-order valence-electron chi connectivity index (χ4n) is 1.18. The molecule has 0 fully saturated rings. The zero-order chi connectivity index (χ0) is 9.97. The minimum Gasteiger partial charge on any atom is -0.287 e. The lowest BCUT2D eigenvalue weighted by molar-refractivity contribution is 0.103. The summed E-state index contributed by atoms with van der Waals surface area (Å²) >= 11 is 1.43. The Hall–Kier alpha value is -1.48. The van der Waals surface area contributed by atoms with Crippen molar-refractivity contribution in [2.75, 3.05) is 0 Å². The molecule has 2 rings (SSSR count). The van der Waals surface area contributed by atoms with Crippen molar-refractivity contribution in [3.63, 3.8) is 0 Å². The number of carbonyl (C=O) groups excluding carboxylic acids is 1. The number of rotatable bonds is 2. The Balaban J connectivity index is 2.33. The molecule has 0 unspecified atom stereocenters. The molecule has 14 heavy (non-hydrogen) atoms. The van der Waals surface area contributed by atoms with Gasteiger partial charge < -0.3 is 0 Å². The van der Waals surface area contributed by atoms with Gasteiger partial charge in [0.1, 0.15) is 5.69 Å². The van der Waals surface area contributed by atoms with Gasteiger partial charge in [-0.2, -0.15) is 0 Å². The number of benzene rings is 1. The van der Waals surface area contributed by atoms with Gasteiger partial charge in [0.25, 0.3) is 0 Å². The van der Waals surface area contributed by atoms with Crippen LogP contribution in [0.5, 0.6) is 0 Å². The van der Waals surface area contributed by atoms with Gasteiger partial charge >= 0.3 is 0 Å². The van der Waals surface area contributed by atoms with Gasteiger partial charge in [-0.25, -0.2) is 4.98 Å². The van der Waals surface area contributed by atoms with Crippen molar-refractivity contribution in [3.8, 4) is 0 Å². The Morgan fingerprint density at radius 2 is 2.00 bits per heavy atom. The lowest BCUT2D eigenvalue weighted by atomic mass is 10.1. The van der Waals surface area contributed by atoms with Crippen LogP contribution in [0.3, 0.4) is 0 Å². The number of aryl methyl sites for hydroxylation is 1. The highest BCUT2D eigenvalue weighted by Crippen LogP contribution is 2.10. The fraction of sp³-hybridized carbons (Fsp3) is 0.0909. The molecular weight excluding hydrogens is 194 g/mol. The SMILES string of the molecule is Cc1ccc(C(=O)c2cscn2)cc1. The number of thiazole rings is 1. The van der Waals surface area contributed by atoms with Gasteiger partial charge in [-0.15, -0.1) is 11.3 Å². The third kappa shape index (κ3) is 1.72. The Bertz CT molecular complexity index is 431. The quantitative estimate of drug-likeness (QED) is 0.702. The fourth-order valence-corrected chi connectivity index (χ4v) is 1.71. The highest BCUT2D eigenvalue weighted by Gasteiger charge is 2.09. The number of hydrogen-bond donors (Lipinski definition) is 0. The van der Waals surface area contributed by atoms with E-state index < -0.39 is 0 Å². The van der Waals surface area contributed by atoms with Crippen molar-refractivity contribution in [1.29, 1.82) is 0 Å². The van der Waals surface area contributed by atoms with Crippen molar-refractivity contribution in [1.82, 2.24) is 4.98 Å². The molecule has 0 radical (unpaired) electrons. The molecule has 1 aromatic carbocycles. The second kappa shape index (κ2) is 3.72. The molecule has 70 valence electrons. The zero-order valence-electron chi connectivity index (χ0n) is 7.73. The summed E-state index contributed by atoms with van der Waals surface area (Å²) in [7, 11) is 0. The van der Waals surface area contributed by atoms with Crippen LogP contribution in [0.4, 0.5) is 0 Å². The second-order valence-electron chi connectivity index (χ2n) is 3.07. The van der Waals surface area contributed by atoms with Crippen LogP contribution < -0.4 is 0 Å². The Kier molecular flexibility index (Phi) is 2.41. The molecule has 0 saturated carbocycles. The molecule has 0 saturated heterocycles. The summed E-state index contributed by atoms with van der Waals surface area (Å²) < 4.78 is 0. The average Bonchev–Trinajstić information content (AvgIpc) is 2.71. The van der Waals surface area contributed by atoms with Crippen LogP contribution in [0.15, 0.2) is 35.2 Å². The zero-order valence-corrected chi connectivity index (χ0v) is 8.54. The average molecular weight is 203 g/mol. The maximum Gasteiger partial charge on any atom is 0.212 e. The summed E-state index contributed by atoms with van der Waals surface area (Å²) in [6.07, 6.45) is 0. The summed E-state index contributed by atoms with van der Waals surface area (Å²) in [5, 5.41) is 1.77. The maximum absolute atomic E-state index is 11.8. The topological polar surface area (TPSA) is 30.0 Å². The van der Waals surface area contributed by atoms with E-state index in [9.17, 15) is 4.79 Å². The van der Waals surface area contributed by atoms with E-state index in [4.69, 9.17) is 0 Å². The smallest absolute Gasteiger partial charge is 0.212 e. The number of hydrogen-bond acceptors (Lipinski definition) is 3. The summed E-state index contributed by atoms with van der Waals surface area (Å²) in [6.45, 7) is 2.00. The molecule has 3 heteroatoms. The summed E-state index contributed by atoms with van der Waals surface area (Å²) in [4.78, 5) is 15.7. The van der Waals surface area contributed by atoms with E-state index >= 15 is 0 Å². The second-order valence-corrected chi connectivity index (χ2v) is 3.79. The molecule has 2 aromatic rings. The van der Waals surface area contributed by atoms with E-state index in [1.807, 2.05) is 31.2 Å². The van der Waals surface area contributed by atoms with Gasteiger partial charge in [0.05, 0.1) is 5.51 Å². The lowest BCUT2D eigenvalue weighted by Gasteiger charge is -1.97. The van der Waals surface area contributed by atoms with Crippen molar-refractivity contribution < 1.29 is 4.79 Å². The van der Waals surface area contributed by atoms with Crippen LogP contribution in [0.25, 0.3) is 0 Å². The summed E-state index contributed by atoms with van der Waals surface area (Å²) in [5.74, 6) is -0.00810. The number of nitrogens with zero attached hydrogens (tertiary/aromatic N) is 1. The van der Waals surface area contributed by atoms with Crippen LogP contribution >= 0.6 is 11.3 Å². The van der Waals surface area contributed by atoms with Crippen molar-refractivity contribution in [3.05, 3.63) is 52.0 Å². The van der Waals surface area contributed by atoms with Crippen LogP contribution in [0, 0.1) is 6.92 Å². The molecule has 0 bridgehead atoms. The first-order valence-electron chi connectivity index (χ1n) is 4.27. The molecule has 0 aliphatic carbocycles. The molecule has 0 atom stereocenters. The van der Waals surface area contributed by atoms with Crippen molar-refractivity contribution in [2.45, 2.75) is 6.92 Å². The predicted molar refractivity (Wildman–Crippen MR) is 56.7 cm³/mol. The molecule has 0 aliphatic heterocycles. The standard InChI is InChI=1S/C11H9NOS/c1-8-2-4-9(5-3-8)11(13)10-6-14-7-12-10/h2-7H,1H3. The Morgan fingerprint density at radius 1 is 1.29 bits per heavy atom. The van der Waals surface area contributed by atoms with Gasteiger partial charge in [0.2, 0.25) is 5.78 Å². The maximum atomic E-state index is 11.8. The molecule has 2 nitrogen and oxygen atoms in total. The van der Waals surface area contributed by atoms with Crippen molar-refractivity contribution >= 4 is 17.1 Å². The number of ketones is 1. The lowest BCUT2D eigenvalue weighted by Crippen LogP contribution is -2.00. The largest absolute Gasteiger partial charge is 0.287 e. The highest BCUT2D eigenvalue weighted by atomic mass is 32.1. The van der Waals surface area contributed by atoms with Crippen LogP contribution in [0.1, 0.15) is 21.6 Å². The van der Waals surface area contributed by atoms with E-state index in [2.05, 4.69) is 4.98 Å². The number of carbonyl (C=O) groups is 1. The molecule has 1 heterocycles. The monoisotopic (exact) mass is 203 g/mol. The van der Waals surface area contributed by atoms with Crippen LogP contribution in [-0.4, -0.2) is 10.8 Å². The van der Waals surface area contributed by atoms with Gasteiger partial charge in [-0.1, -0.05) is 29.8 Å². The van der Waals surface area contributed by atoms with E-state index in [1.165, 1.54) is 11.3 Å². The first-order valence-corrected chi connectivity index (χ1v) is 5.21. The third-order valence-corrected chi connectivity index (χ3v) is 2.57. The first-order chi connectivity index (χ1) is 6.77. The minimum absolute atomic E-state index is 0.00810. The predicted octanol–water partition coefficient (Wildman–Crippen LogP) is 2.68. The van der Waals surface area contributed by atoms with E-state index in [0.29, 0.717) is 11.3 Å². The Morgan fingerprint density at radius 3 is 2.57 bits per heavy atom. The molecule has 0 spiro atoms. The van der Waals surface area contributed by atoms with Gasteiger partial charge in [0, 0.05) is 10.9 Å². The van der Waals surface area contributed by atoms with Crippen LogP contribution in [0.2, 0.25) is 0 Å². The van der Waals surface area contributed by atoms with Gasteiger partial charge in [-0.05, 0) is 6.92 Å². The number of aromatic nitrogens is 1. The summed E-state index contributed by atoms with van der Waals surface area (Å²) in [6, 6.07) is 7.52. The Labute approximate surface area is 86.2 Å². The highest BCUT2D eigenvalue weighted by molar-refractivity contribution is 7.07. The summed E-state index contributed by atoms with van der Waals surface area (Å²) in [5.41, 5.74) is 4.04.